The summed E-state index contributed by atoms with van der Waals surface area (Å²) < 4.78 is 5.40. The third kappa shape index (κ3) is 3.85. The van der Waals surface area contributed by atoms with Gasteiger partial charge in [-0.1, -0.05) is 11.6 Å². The minimum absolute atomic E-state index is 0.544. The monoisotopic (exact) mass is 298 g/mol. The van der Waals surface area contributed by atoms with Crippen molar-refractivity contribution >= 4 is 11.6 Å². The Morgan fingerprint density at radius 2 is 2.10 bits per heavy atom. The molecule has 0 amide bonds. The highest BCUT2D eigenvalue weighted by Crippen LogP contribution is 2.33. The molecule has 20 heavy (non-hydrogen) atoms. The first-order chi connectivity index (χ1) is 9.61. The van der Waals surface area contributed by atoms with Gasteiger partial charge >= 0.3 is 0 Å². The molecule has 0 aliphatic carbocycles. The first-order valence-electron chi connectivity index (χ1n) is 7.07. The Hall–Kier alpha value is -0.810. The van der Waals surface area contributed by atoms with E-state index < -0.39 is 6.10 Å². The average molecular weight is 299 g/mol. The standard InChI is InChI=1S/C15H23ClN2O2/c1-11-9-12(16)10-13(15(11)20-2)14(19)3-6-18-7-4-17-5-8-18/h9-10,14,17,19H,3-8H2,1-2H3. The lowest BCUT2D eigenvalue weighted by atomic mass is 10.0. The van der Waals surface area contributed by atoms with Gasteiger partial charge in [0.1, 0.15) is 5.75 Å². The van der Waals surface area contributed by atoms with Crippen molar-refractivity contribution in [2.75, 3.05) is 39.8 Å². The second kappa shape index (κ2) is 7.27. The van der Waals surface area contributed by atoms with E-state index in [4.69, 9.17) is 16.3 Å². The second-order valence-electron chi connectivity index (χ2n) is 5.24. The van der Waals surface area contributed by atoms with Gasteiger partial charge in [0.15, 0.2) is 0 Å². The van der Waals surface area contributed by atoms with Crippen LogP contribution in [-0.2, 0) is 0 Å². The Bertz CT molecular complexity index is 448. The topological polar surface area (TPSA) is 44.7 Å². The molecule has 2 N–H and O–H groups in total. The fourth-order valence-corrected chi connectivity index (χ4v) is 2.96. The van der Waals surface area contributed by atoms with Gasteiger partial charge in [0.25, 0.3) is 0 Å². The molecule has 0 radical (unpaired) electrons. The van der Waals surface area contributed by atoms with Crippen LogP contribution in [0.2, 0.25) is 5.02 Å². The fraction of sp³-hybridized carbons (Fsp3) is 0.600. The SMILES string of the molecule is COc1c(C)cc(Cl)cc1C(O)CCN1CCNCC1. The van der Waals surface area contributed by atoms with Crippen molar-refractivity contribution < 1.29 is 9.84 Å². The van der Waals surface area contributed by atoms with Crippen molar-refractivity contribution in [1.29, 1.82) is 0 Å². The Morgan fingerprint density at radius 1 is 1.40 bits per heavy atom. The molecular weight excluding hydrogens is 276 g/mol. The molecule has 1 aromatic carbocycles. The van der Waals surface area contributed by atoms with Crippen LogP contribution >= 0.6 is 11.6 Å². The maximum atomic E-state index is 10.4. The molecule has 1 unspecified atom stereocenters. The summed E-state index contributed by atoms with van der Waals surface area (Å²) in [5.41, 5.74) is 1.74. The molecular formula is C15H23ClN2O2. The zero-order chi connectivity index (χ0) is 14.5. The van der Waals surface area contributed by atoms with E-state index in [1.165, 1.54) is 0 Å². The highest BCUT2D eigenvalue weighted by molar-refractivity contribution is 6.30. The van der Waals surface area contributed by atoms with Crippen LogP contribution in [0, 0.1) is 6.92 Å². The van der Waals surface area contributed by atoms with Crippen LogP contribution in [0.4, 0.5) is 0 Å². The average Bonchev–Trinajstić information content (AvgIpc) is 2.45. The summed E-state index contributed by atoms with van der Waals surface area (Å²) >= 11 is 6.09. The molecule has 0 aromatic heterocycles. The number of methoxy groups -OCH3 is 1. The van der Waals surface area contributed by atoms with E-state index in [1.54, 1.807) is 13.2 Å². The van der Waals surface area contributed by atoms with Gasteiger partial charge in [-0.3, -0.25) is 0 Å². The molecule has 1 aliphatic heterocycles. The highest BCUT2D eigenvalue weighted by atomic mass is 35.5. The summed E-state index contributed by atoms with van der Waals surface area (Å²) in [5, 5.41) is 14.4. The van der Waals surface area contributed by atoms with Gasteiger partial charge in [0.2, 0.25) is 0 Å². The molecule has 1 aromatic rings. The van der Waals surface area contributed by atoms with E-state index in [-0.39, 0.29) is 0 Å². The molecule has 1 fully saturated rings. The van der Waals surface area contributed by atoms with Gasteiger partial charge < -0.3 is 20.1 Å². The molecule has 1 aliphatic rings. The fourth-order valence-electron chi connectivity index (χ4n) is 2.68. The van der Waals surface area contributed by atoms with E-state index in [0.29, 0.717) is 11.4 Å². The van der Waals surface area contributed by atoms with E-state index in [9.17, 15) is 5.11 Å². The normalized spacial score (nSPS) is 18.0. The summed E-state index contributed by atoms with van der Waals surface area (Å²) in [5.74, 6) is 0.738. The molecule has 5 heteroatoms. The van der Waals surface area contributed by atoms with E-state index in [0.717, 1.165) is 49.6 Å². The Kier molecular flexibility index (Phi) is 5.66. The van der Waals surface area contributed by atoms with Gasteiger partial charge in [-0.25, -0.2) is 0 Å². The van der Waals surface area contributed by atoms with Crippen LogP contribution in [-0.4, -0.2) is 49.8 Å². The van der Waals surface area contributed by atoms with Crippen LogP contribution in [0.25, 0.3) is 0 Å². The molecule has 1 saturated heterocycles. The lowest BCUT2D eigenvalue weighted by Crippen LogP contribution is -2.44. The Labute approximate surface area is 125 Å². The summed E-state index contributed by atoms with van der Waals surface area (Å²) in [4.78, 5) is 2.36. The molecule has 1 heterocycles. The number of piperazine rings is 1. The lowest BCUT2D eigenvalue weighted by Gasteiger charge is -2.28. The van der Waals surface area contributed by atoms with Crippen LogP contribution < -0.4 is 10.1 Å². The number of nitrogens with zero attached hydrogens (tertiary/aromatic N) is 1. The molecule has 112 valence electrons. The maximum absolute atomic E-state index is 10.4. The summed E-state index contributed by atoms with van der Waals surface area (Å²) in [6, 6.07) is 3.66. The number of ether oxygens (including phenoxy) is 1. The van der Waals surface area contributed by atoms with E-state index >= 15 is 0 Å². The first kappa shape index (κ1) is 15.6. The predicted octanol–water partition coefficient (Wildman–Crippen LogP) is 1.99. The molecule has 0 saturated carbocycles. The molecule has 1 atom stereocenters. The summed E-state index contributed by atoms with van der Waals surface area (Å²) in [6.45, 7) is 6.96. The van der Waals surface area contributed by atoms with Crippen LogP contribution in [0.15, 0.2) is 12.1 Å². The molecule has 0 bridgehead atoms. The summed E-state index contributed by atoms with van der Waals surface area (Å²) in [6.07, 6.45) is 0.146. The number of rotatable bonds is 5. The van der Waals surface area contributed by atoms with Gasteiger partial charge in [-0.15, -0.1) is 0 Å². The quantitative estimate of drug-likeness (QED) is 0.872. The van der Waals surface area contributed by atoms with E-state index in [2.05, 4.69) is 10.2 Å². The third-order valence-corrected chi connectivity index (χ3v) is 3.98. The largest absolute Gasteiger partial charge is 0.496 e. The number of aliphatic hydroxyl groups excluding tert-OH is 1. The van der Waals surface area contributed by atoms with Gasteiger partial charge in [0.05, 0.1) is 13.2 Å². The number of aliphatic hydroxyl groups is 1. The number of benzene rings is 1. The van der Waals surface area contributed by atoms with Gasteiger partial charge in [-0.2, -0.15) is 0 Å². The zero-order valence-electron chi connectivity index (χ0n) is 12.2. The van der Waals surface area contributed by atoms with E-state index in [1.807, 2.05) is 13.0 Å². The third-order valence-electron chi connectivity index (χ3n) is 3.76. The molecule has 4 nitrogen and oxygen atoms in total. The van der Waals surface area contributed by atoms with Gasteiger partial charge in [-0.05, 0) is 31.0 Å². The van der Waals surface area contributed by atoms with Crippen molar-refractivity contribution in [2.45, 2.75) is 19.4 Å². The number of hydrogen-bond acceptors (Lipinski definition) is 4. The summed E-state index contributed by atoms with van der Waals surface area (Å²) in [7, 11) is 1.63. The van der Waals surface area contributed by atoms with Crippen molar-refractivity contribution in [3.63, 3.8) is 0 Å². The minimum atomic E-state index is -0.544. The number of hydrogen-bond donors (Lipinski definition) is 2. The van der Waals surface area contributed by atoms with Crippen molar-refractivity contribution in [2.24, 2.45) is 0 Å². The Balaban J connectivity index is 2.02. The number of halogens is 1. The first-order valence-corrected chi connectivity index (χ1v) is 7.44. The maximum Gasteiger partial charge on any atom is 0.127 e. The zero-order valence-corrected chi connectivity index (χ0v) is 12.9. The van der Waals surface area contributed by atoms with Crippen molar-refractivity contribution in [3.8, 4) is 5.75 Å². The highest BCUT2D eigenvalue weighted by Gasteiger charge is 2.18. The lowest BCUT2D eigenvalue weighted by molar-refractivity contribution is 0.134. The van der Waals surface area contributed by atoms with Crippen LogP contribution in [0.1, 0.15) is 23.7 Å². The van der Waals surface area contributed by atoms with Crippen molar-refractivity contribution in [1.82, 2.24) is 10.2 Å². The predicted molar refractivity (Wildman–Crippen MR) is 81.6 cm³/mol. The van der Waals surface area contributed by atoms with Gasteiger partial charge in [0, 0.05) is 43.3 Å². The molecule has 0 spiro atoms. The second-order valence-corrected chi connectivity index (χ2v) is 5.68. The Morgan fingerprint density at radius 3 is 2.75 bits per heavy atom. The minimum Gasteiger partial charge on any atom is -0.496 e. The van der Waals surface area contributed by atoms with Crippen molar-refractivity contribution in [3.05, 3.63) is 28.3 Å². The number of aryl methyl sites for hydroxylation is 1. The van der Waals surface area contributed by atoms with Crippen LogP contribution in [0.5, 0.6) is 5.75 Å². The molecule has 2 rings (SSSR count). The smallest absolute Gasteiger partial charge is 0.127 e. The number of nitrogens with one attached hydrogen (secondary N) is 1. The van der Waals surface area contributed by atoms with Crippen LogP contribution in [0.3, 0.4) is 0 Å².